The van der Waals surface area contributed by atoms with Gasteiger partial charge < -0.3 is 14.6 Å². The zero-order valence-electron chi connectivity index (χ0n) is 13.0. The maximum atomic E-state index is 11.7. The van der Waals surface area contributed by atoms with Crippen LogP contribution in [0.15, 0.2) is 28.7 Å². The highest BCUT2D eigenvalue weighted by Gasteiger charge is 2.22. The fourth-order valence-electron chi connectivity index (χ4n) is 3.08. The number of benzene rings is 1. The molecule has 4 rings (SSSR count). The lowest BCUT2D eigenvalue weighted by molar-refractivity contribution is -0.120. The molecule has 3 heterocycles. The van der Waals surface area contributed by atoms with Gasteiger partial charge in [-0.2, -0.15) is 0 Å². The van der Waals surface area contributed by atoms with Crippen LogP contribution in [0.3, 0.4) is 0 Å². The third kappa shape index (κ3) is 2.40. The lowest BCUT2D eigenvalue weighted by atomic mass is 10.2. The van der Waals surface area contributed by atoms with E-state index in [9.17, 15) is 4.79 Å². The Balaban J connectivity index is 1.94. The number of nitrogens with zero attached hydrogens (tertiary/aromatic N) is 3. The normalized spacial score (nSPS) is 14.7. The van der Waals surface area contributed by atoms with Crippen LogP contribution in [-0.2, 0) is 11.2 Å². The molecule has 3 aromatic rings. The quantitative estimate of drug-likeness (QED) is 0.803. The predicted octanol–water partition coefficient (Wildman–Crippen LogP) is 2.26. The van der Waals surface area contributed by atoms with Gasteiger partial charge in [0.2, 0.25) is 5.91 Å². The number of hydrogen-bond acceptors (Lipinski definition) is 5. The number of likely N-dealkylation sites (N-methyl/N-ethyl adjacent to an activating group) is 1. The Morgan fingerprint density at radius 2 is 2.04 bits per heavy atom. The summed E-state index contributed by atoms with van der Waals surface area (Å²) in [7, 11) is 1.62. The van der Waals surface area contributed by atoms with Crippen LogP contribution in [0.25, 0.3) is 22.1 Å². The van der Waals surface area contributed by atoms with E-state index in [1.165, 1.54) is 0 Å². The van der Waals surface area contributed by atoms with Crippen molar-refractivity contribution in [1.29, 1.82) is 0 Å². The number of para-hydroxylation sites is 1. The SMILES string of the molecule is CNC(=O)Cc1nc(N2CCCC2)c2oc3ccccc3c2n1. The van der Waals surface area contributed by atoms with Crippen LogP contribution < -0.4 is 10.2 Å². The first-order valence-corrected chi connectivity index (χ1v) is 7.90. The molecule has 23 heavy (non-hydrogen) atoms. The smallest absolute Gasteiger partial charge is 0.227 e. The van der Waals surface area contributed by atoms with E-state index in [-0.39, 0.29) is 12.3 Å². The number of hydrogen-bond donors (Lipinski definition) is 1. The van der Waals surface area contributed by atoms with Crippen molar-refractivity contribution in [3.63, 3.8) is 0 Å². The molecule has 0 saturated carbocycles. The second-order valence-electron chi connectivity index (χ2n) is 5.78. The molecule has 0 aliphatic carbocycles. The number of fused-ring (bicyclic) bond motifs is 3. The maximum Gasteiger partial charge on any atom is 0.227 e. The van der Waals surface area contributed by atoms with E-state index in [1.807, 2.05) is 24.3 Å². The van der Waals surface area contributed by atoms with Crippen molar-refractivity contribution in [3.8, 4) is 0 Å². The lowest BCUT2D eigenvalue weighted by Crippen LogP contribution is -2.23. The number of furan rings is 1. The van der Waals surface area contributed by atoms with Crippen LogP contribution in [0.1, 0.15) is 18.7 Å². The second-order valence-corrected chi connectivity index (χ2v) is 5.78. The Kier molecular flexibility index (Phi) is 3.37. The third-order valence-corrected chi connectivity index (χ3v) is 4.25. The van der Waals surface area contributed by atoms with E-state index in [1.54, 1.807) is 7.05 Å². The Labute approximate surface area is 133 Å². The molecule has 1 N–H and O–H groups in total. The van der Waals surface area contributed by atoms with Gasteiger partial charge >= 0.3 is 0 Å². The van der Waals surface area contributed by atoms with E-state index < -0.39 is 0 Å². The highest BCUT2D eigenvalue weighted by atomic mass is 16.3. The molecular weight excluding hydrogens is 292 g/mol. The molecule has 1 fully saturated rings. The number of rotatable bonds is 3. The summed E-state index contributed by atoms with van der Waals surface area (Å²) in [5.74, 6) is 1.25. The standard InChI is InChI=1S/C17H18N4O2/c1-18-14(22)10-13-19-15-11-6-2-3-7-12(11)23-16(15)17(20-13)21-8-4-5-9-21/h2-3,6-7H,4-5,8-10H2,1H3,(H,18,22). The summed E-state index contributed by atoms with van der Waals surface area (Å²) in [6.45, 7) is 1.92. The molecular formula is C17H18N4O2. The maximum absolute atomic E-state index is 11.7. The minimum absolute atomic E-state index is 0.0930. The van der Waals surface area contributed by atoms with E-state index in [2.05, 4.69) is 20.2 Å². The minimum Gasteiger partial charge on any atom is -0.450 e. The van der Waals surface area contributed by atoms with Crippen molar-refractivity contribution in [3.05, 3.63) is 30.1 Å². The largest absolute Gasteiger partial charge is 0.450 e. The molecule has 0 atom stereocenters. The fraction of sp³-hybridized carbons (Fsp3) is 0.353. The topological polar surface area (TPSA) is 71.3 Å². The van der Waals surface area contributed by atoms with Gasteiger partial charge in [-0.3, -0.25) is 4.79 Å². The van der Waals surface area contributed by atoms with E-state index >= 15 is 0 Å². The number of carbonyl (C=O) groups excluding carboxylic acids is 1. The van der Waals surface area contributed by atoms with Gasteiger partial charge in [-0.25, -0.2) is 9.97 Å². The molecule has 6 heteroatoms. The summed E-state index contributed by atoms with van der Waals surface area (Å²) in [5, 5.41) is 3.59. The monoisotopic (exact) mass is 310 g/mol. The number of carbonyl (C=O) groups is 1. The Bertz CT molecular complexity index is 881. The van der Waals surface area contributed by atoms with E-state index in [0.29, 0.717) is 11.4 Å². The van der Waals surface area contributed by atoms with Crippen molar-refractivity contribution >= 4 is 33.8 Å². The molecule has 1 aliphatic heterocycles. The Morgan fingerprint density at radius 1 is 1.26 bits per heavy atom. The minimum atomic E-state index is -0.0930. The zero-order chi connectivity index (χ0) is 15.8. The van der Waals surface area contributed by atoms with Crippen LogP contribution in [-0.4, -0.2) is 36.0 Å². The molecule has 0 unspecified atom stereocenters. The molecule has 0 radical (unpaired) electrons. The van der Waals surface area contributed by atoms with Crippen molar-refractivity contribution in [1.82, 2.24) is 15.3 Å². The summed E-state index contributed by atoms with van der Waals surface area (Å²) < 4.78 is 6.02. The number of amides is 1. The molecule has 2 aromatic heterocycles. The van der Waals surface area contributed by atoms with Gasteiger partial charge in [0.15, 0.2) is 11.4 Å². The van der Waals surface area contributed by atoms with Crippen LogP contribution in [0, 0.1) is 0 Å². The zero-order valence-corrected chi connectivity index (χ0v) is 13.0. The molecule has 1 amide bonds. The number of aromatic nitrogens is 2. The van der Waals surface area contributed by atoms with Crippen LogP contribution in [0.5, 0.6) is 0 Å². The molecule has 1 saturated heterocycles. The van der Waals surface area contributed by atoms with Gasteiger partial charge in [-0.1, -0.05) is 12.1 Å². The van der Waals surface area contributed by atoms with Gasteiger partial charge in [0.25, 0.3) is 0 Å². The number of anilines is 1. The Morgan fingerprint density at radius 3 is 2.83 bits per heavy atom. The third-order valence-electron chi connectivity index (χ3n) is 4.25. The average Bonchev–Trinajstić information content (AvgIpc) is 3.22. The summed E-state index contributed by atoms with van der Waals surface area (Å²) in [6, 6.07) is 7.83. The van der Waals surface area contributed by atoms with Crippen LogP contribution in [0.4, 0.5) is 5.82 Å². The molecule has 1 aliphatic rings. The first-order chi connectivity index (χ1) is 11.3. The van der Waals surface area contributed by atoms with Crippen LogP contribution in [0.2, 0.25) is 0 Å². The highest BCUT2D eigenvalue weighted by Crippen LogP contribution is 2.34. The van der Waals surface area contributed by atoms with E-state index in [0.717, 1.165) is 48.2 Å². The lowest BCUT2D eigenvalue weighted by Gasteiger charge is -2.16. The van der Waals surface area contributed by atoms with Gasteiger partial charge in [-0.05, 0) is 25.0 Å². The van der Waals surface area contributed by atoms with Gasteiger partial charge in [-0.15, -0.1) is 0 Å². The molecule has 1 aromatic carbocycles. The summed E-state index contributed by atoms with van der Waals surface area (Å²) >= 11 is 0. The first-order valence-electron chi connectivity index (χ1n) is 7.90. The van der Waals surface area contributed by atoms with Crippen molar-refractivity contribution in [2.75, 3.05) is 25.0 Å². The summed E-state index contributed by atoms with van der Waals surface area (Å²) in [4.78, 5) is 23.2. The van der Waals surface area contributed by atoms with Crippen molar-refractivity contribution in [2.45, 2.75) is 19.3 Å². The second kappa shape index (κ2) is 5.53. The van der Waals surface area contributed by atoms with Gasteiger partial charge in [0.1, 0.15) is 16.9 Å². The van der Waals surface area contributed by atoms with Crippen LogP contribution >= 0.6 is 0 Å². The van der Waals surface area contributed by atoms with Gasteiger partial charge in [0, 0.05) is 25.5 Å². The summed E-state index contributed by atoms with van der Waals surface area (Å²) in [5.41, 5.74) is 2.31. The molecule has 0 spiro atoms. The predicted molar refractivity (Wildman–Crippen MR) is 88.5 cm³/mol. The highest BCUT2D eigenvalue weighted by molar-refractivity contribution is 6.05. The van der Waals surface area contributed by atoms with Crippen molar-refractivity contribution < 1.29 is 9.21 Å². The van der Waals surface area contributed by atoms with Crippen molar-refractivity contribution in [2.24, 2.45) is 0 Å². The molecule has 118 valence electrons. The molecule has 0 bridgehead atoms. The average molecular weight is 310 g/mol. The summed E-state index contributed by atoms with van der Waals surface area (Å²) in [6.07, 6.45) is 2.47. The first kappa shape index (κ1) is 14.0. The molecule has 6 nitrogen and oxygen atoms in total. The fourth-order valence-corrected chi connectivity index (χ4v) is 3.08. The van der Waals surface area contributed by atoms with E-state index in [4.69, 9.17) is 4.42 Å². The van der Waals surface area contributed by atoms with Gasteiger partial charge in [0.05, 0.1) is 6.42 Å². The Hall–Kier alpha value is -2.63. The number of nitrogens with one attached hydrogen (secondary N) is 1.